The molecular weight excluding hydrogens is 184 g/mol. The van der Waals surface area contributed by atoms with E-state index in [9.17, 15) is 9.59 Å². The number of carbonyl (C=O) groups excluding carboxylic acids is 2. The zero-order valence-electron chi connectivity index (χ0n) is 8.81. The molecule has 0 unspecified atom stereocenters. The van der Waals surface area contributed by atoms with Crippen LogP contribution in [-0.4, -0.2) is 24.4 Å². The predicted octanol–water partition coefficient (Wildman–Crippen LogP) is -0.954. The minimum absolute atomic E-state index is 0.0929. The third-order valence-electron chi connectivity index (χ3n) is 1.26. The fourth-order valence-corrected chi connectivity index (χ4v) is 0.591. The summed E-state index contributed by atoms with van der Waals surface area (Å²) in [6.07, 6.45) is 0.881. The number of amides is 2. The van der Waals surface area contributed by atoms with Crippen molar-refractivity contribution in [1.29, 1.82) is 0 Å². The fourth-order valence-electron chi connectivity index (χ4n) is 0.591. The molecule has 0 saturated heterocycles. The summed E-state index contributed by atoms with van der Waals surface area (Å²) in [6, 6.07) is 0.0929. The van der Waals surface area contributed by atoms with Crippen molar-refractivity contribution in [1.82, 2.24) is 21.7 Å². The number of hydrogen-bond donors (Lipinski definition) is 4. The third kappa shape index (κ3) is 6.38. The summed E-state index contributed by atoms with van der Waals surface area (Å²) >= 11 is 0. The van der Waals surface area contributed by atoms with Crippen molar-refractivity contribution in [3.8, 4) is 0 Å². The molecule has 14 heavy (non-hydrogen) atoms. The van der Waals surface area contributed by atoms with E-state index in [1.165, 1.54) is 0 Å². The highest BCUT2D eigenvalue weighted by atomic mass is 16.2. The van der Waals surface area contributed by atoms with Crippen molar-refractivity contribution >= 4 is 11.8 Å². The first-order valence-corrected chi connectivity index (χ1v) is 4.66. The highest BCUT2D eigenvalue weighted by Crippen LogP contribution is 1.72. The van der Waals surface area contributed by atoms with Gasteiger partial charge in [-0.1, -0.05) is 6.92 Å². The molecule has 0 atom stereocenters. The van der Waals surface area contributed by atoms with Crippen LogP contribution in [0.15, 0.2) is 0 Å². The zero-order chi connectivity index (χ0) is 11.0. The second-order valence-electron chi connectivity index (χ2n) is 3.13. The lowest BCUT2D eigenvalue weighted by Gasteiger charge is -2.10. The Kier molecular flexibility index (Phi) is 6.69. The Balaban J connectivity index is 3.60. The van der Waals surface area contributed by atoms with Crippen molar-refractivity contribution in [3.63, 3.8) is 0 Å². The van der Waals surface area contributed by atoms with Crippen LogP contribution >= 0.6 is 0 Å². The van der Waals surface area contributed by atoms with Crippen LogP contribution in [0, 0.1) is 0 Å². The standard InChI is InChI=1S/C8H18N4O2/c1-4-5-9-11-7(13)8(14)12-10-6(2)3/h6,9-10H,4-5H2,1-3H3,(H,11,13)(H,12,14). The minimum atomic E-state index is -0.706. The second-order valence-corrected chi connectivity index (χ2v) is 3.13. The Morgan fingerprint density at radius 2 is 1.71 bits per heavy atom. The molecule has 4 N–H and O–H groups in total. The quantitative estimate of drug-likeness (QED) is 0.263. The average molecular weight is 202 g/mol. The van der Waals surface area contributed by atoms with Gasteiger partial charge in [0, 0.05) is 12.6 Å². The van der Waals surface area contributed by atoms with E-state index in [-0.39, 0.29) is 6.04 Å². The summed E-state index contributed by atoms with van der Waals surface area (Å²) in [5, 5.41) is 0. The highest BCUT2D eigenvalue weighted by Gasteiger charge is 2.11. The lowest BCUT2D eigenvalue weighted by molar-refractivity contribution is -0.140. The molecule has 0 saturated carbocycles. The van der Waals surface area contributed by atoms with Crippen LogP contribution in [-0.2, 0) is 9.59 Å². The van der Waals surface area contributed by atoms with Gasteiger partial charge in [-0.15, -0.1) is 0 Å². The van der Waals surface area contributed by atoms with Crippen LogP contribution in [0.25, 0.3) is 0 Å². The summed E-state index contributed by atoms with van der Waals surface area (Å²) in [6.45, 7) is 6.30. The van der Waals surface area contributed by atoms with Gasteiger partial charge in [0.15, 0.2) is 0 Å². The summed E-state index contributed by atoms with van der Waals surface area (Å²) in [5.74, 6) is -1.41. The molecule has 0 heterocycles. The first-order valence-electron chi connectivity index (χ1n) is 4.66. The van der Waals surface area contributed by atoms with Gasteiger partial charge in [-0.25, -0.2) is 10.9 Å². The second kappa shape index (κ2) is 7.28. The van der Waals surface area contributed by atoms with Crippen LogP contribution in [0.5, 0.6) is 0 Å². The third-order valence-corrected chi connectivity index (χ3v) is 1.26. The van der Waals surface area contributed by atoms with Gasteiger partial charge >= 0.3 is 11.8 Å². The molecule has 2 amide bonds. The summed E-state index contributed by atoms with van der Waals surface area (Å²) in [7, 11) is 0. The first kappa shape index (κ1) is 12.9. The predicted molar refractivity (Wildman–Crippen MR) is 52.9 cm³/mol. The molecule has 0 radical (unpaired) electrons. The molecular formula is C8H18N4O2. The van der Waals surface area contributed by atoms with E-state index in [4.69, 9.17) is 0 Å². The summed E-state index contributed by atoms with van der Waals surface area (Å²) < 4.78 is 0. The molecule has 0 aliphatic carbocycles. The van der Waals surface area contributed by atoms with Crippen LogP contribution in [0.2, 0.25) is 0 Å². The summed E-state index contributed by atoms with van der Waals surface area (Å²) in [4.78, 5) is 22.0. The maximum Gasteiger partial charge on any atom is 0.324 e. The molecule has 0 spiro atoms. The molecule has 0 fully saturated rings. The number of hydrogen-bond acceptors (Lipinski definition) is 4. The molecule has 0 aliphatic heterocycles. The van der Waals surface area contributed by atoms with Crippen LogP contribution in [0.4, 0.5) is 0 Å². The topological polar surface area (TPSA) is 82.3 Å². The monoisotopic (exact) mass is 202 g/mol. The van der Waals surface area contributed by atoms with E-state index >= 15 is 0 Å². The Hall–Kier alpha value is -1.14. The van der Waals surface area contributed by atoms with E-state index in [1.54, 1.807) is 0 Å². The lowest BCUT2D eigenvalue weighted by Crippen LogP contribution is -2.51. The molecule has 0 bridgehead atoms. The Bertz CT molecular complexity index is 194. The molecule has 6 heteroatoms. The molecule has 0 aromatic carbocycles. The number of rotatable bonds is 5. The average Bonchev–Trinajstić information content (AvgIpc) is 2.14. The van der Waals surface area contributed by atoms with Gasteiger partial charge in [-0.3, -0.25) is 20.4 Å². The fraction of sp³-hybridized carbons (Fsp3) is 0.750. The van der Waals surface area contributed by atoms with Crippen molar-refractivity contribution in [2.24, 2.45) is 0 Å². The van der Waals surface area contributed by atoms with Crippen molar-refractivity contribution in [3.05, 3.63) is 0 Å². The zero-order valence-corrected chi connectivity index (χ0v) is 8.81. The Labute approximate surface area is 83.8 Å². The van der Waals surface area contributed by atoms with Crippen LogP contribution < -0.4 is 21.7 Å². The number of nitrogens with one attached hydrogen (secondary N) is 4. The number of hydrazine groups is 2. The molecule has 82 valence electrons. The van der Waals surface area contributed by atoms with E-state index in [0.717, 1.165) is 6.42 Å². The van der Waals surface area contributed by atoms with Gasteiger partial charge in [0.05, 0.1) is 0 Å². The van der Waals surface area contributed by atoms with Gasteiger partial charge in [-0.2, -0.15) is 0 Å². The number of carbonyl (C=O) groups is 2. The molecule has 0 aromatic rings. The van der Waals surface area contributed by atoms with Crippen molar-refractivity contribution < 1.29 is 9.59 Å². The first-order chi connectivity index (χ1) is 6.57. The molecule has 0 aliphatic rings. The highest BCUT2D eigenvalue weighted by molar-refractivity contribution is 6.34. The Morgan fingerprint density at radius 3 is 2.21 bits per heavy atom. The normalized spacial score (nSPS) is 10.0. The summed E-state index contributed by atoms with van der Waals surface area (Å²) in [5.41, 5.74) is 9.78. The molecule has 0 rings (SSSR count). The van der Waals surface area contributed by atoms with Gasteiger partial charge in [0.1, 0.15) is 0 Å². The van der Waals surface area contributed by atoms with Gasteiger partial charge in [0.25, 0.3) is 0 Å². The van der Waals surface area contributed by atoms with E-state index < -0.39 is 11.8 Å². The lowest BCUT2D eigenvalue weighted by atomic mass is 10.4. The maximum atomic E-state index is 11.0. The van der Waals surface area contributed by atoms with Crippen molar-refractivity contribution in [2.75, 3.05) is 6.54 Å². The maximum absolute atomic E-state index is 11.0. The van der Waals surface area contributed by atoms with E-state index in [2.05, 4.69) is 21.7 Å². The van der Waals surface area contributed by atoms with Gasteiger partial charge < -0.3 is 0 Å². The van der Waals surface area contributed by atoms with Crippen LogP contribution in [0.1, 0.15) is 27.2 Å². The smallest absolute Gasteiger partial charge is 0.283 e. The van der Waals surface area contributed by atoms with Crippen molar-refractivity contribution in [2.45, 2.75) is 33.2 Å². The van der Waals surface area contributed by atoms with Gasteiger partial charge in [-0.05, 0) is 20.3 Å². The minimum Gasteiger partial charge on any atom is -0.283 e. The SMILES string of the molecule is CCCNNC(=O)C(=O)NNC(C)C. The van der Waals surface area contributed by atoms with E-state index in [1.807, 2.05) is 20.8 Å². The largest absolute Gasteiger partial charge is 0.324 e. The molecule has 6 nitrogen and oxygen atoms in total. The Morgan fingerprint density at radius 1 is 1.14 bits per heavy atom. The van der Waals surface area contributed by atoms with Gasteiger partial charge in [0.2, 0.25) is 0 Å². The van der Waals surface area contributed by atoms with E-state index in [0.29, 0.717) is 6.54 Å². The molecule has 0 aromatic heterocycles. The van der Waals surface area contributed by atoms with Crippen LogP contribution in [0.3, 0.4) is 0 Å².